The van der Waals surface area contributed by atoms with Crippen molar-refractivity contribution in [2.45, 2.75) is 5.75 Å². The van der Waals surface area contributed by atoms with Crippen molar-refractivity contribution >= 4 is 24.2 Å². The maximum Gasteiger partial charge on any atom is 0.267 e. The van der Waals surface area contributed by atoms with Gasteiger partial charge in [0.15, 0.2) is 5.56 Å². The van der Waals surface area contributed by atoms with Crippen LogP contribution in [0.2, 0.25) is 0 Å². The number of hydrogen-bond donors (Lipinski definition) is 5. The first kappa shape index (κ1) is 15.7. The first-order valence-electron chi connectivity index (χ1n) is 6.79. The van der Waals surface area contributed by atoms with Gasteiger partial charge < -0.3 is 15.4 Å². The van der Waals surface area contributed by atoms with Crippen LogP contribution >= 0.6 is 12.6 Å². The molecule has 0 aliphatic rings. The first-order chi connectivity index (χ1) is 11.6. The lowest BCUT2D eigenvalue weighted by atomic mass is 10.1. The van der Waals surface area contributed by atoms with E-state index >= 15 is 0 Å². The van der Waals surface area contributed by atoms with Crippen LogP contribution in [0.3, 0.4) is 0 Å². The van der Waals surface area contributed by atoms with Crippen LogP contribution in [0.5, 0.6) is 5.88 Å². The molecule has 2 heterocycles. The SMILES string of the molecule is O=C(Nc1ccc(-c2cn[nH]n2)cc1)c1c(O)nc(CS)[nH]c1=O. The van der Waals surface area contributed by atoms with E-state index in [2.05, 4.69) is 43.3 Å². The Kier molecular flexibility index (Phi) is 4.29. The third-order valence-electron chi connectivity index (χ3n) is 3.18. The Labute approximate surface area is 140 Å². The van der Waals surface area contributed by atoms with E-state index in [1.54, 1.807) is 30.5 Å². The van der Waals surface area contributed by atoms with Gasteiger partial charge in [-0.15, -0.1) is 0 Å². The second-order valence-electron chi connectivity index (χ2n) is 4.76. The van der Waals surface area contributed by atoms with Crippen LogP contribution in [-0.2, 0) is 5.75 Å². The van der Waals surface area contributed by atoms with Crippen LogP contribution < -0.4 is 10.9 Å². The van der Waals surface area contributed by atoms with Crippen LogP contribution in [0.1, 0.15) is 16.2 Å². The second-order valence-corrected chi connectivity index (χ2v) is 5.07. The zero-order valence-corrected chi connectivity index (χ0v) is 13.0. The molecule has 10 heteroatoms. The molecule has 0 aliphatic heterocycles. The van der Waals surface area contributed by atoms with E-state index in [1.165, 1.54) is 0 Å². The molecule has 3 rings (SSSR count). The van der Waals surface area contributed by atoms with Crippen molar-refractivity contribution < 1.29 is 9.90 Å². The highest BCUT2D eigenvalue weighted by Gasteiger charge is 2.18. The fourth-order valence-corrected chi connectivity index (χ4v) is 2.19. The summed E-state index contributed by atoms with van der Waals surface area (Å²) in [6.45, 7) is 0. The Morgan fingerprint density at radius 3 is 2.62 bits per heavy atom. The number of thiol groups is 1. The Bertz CT molecular complexity index is 921. The number of nitrogens with one attached hydrogen (secondary N) is 3. The number of nitrogens with zero attached hydrogens (tertiary/aromatic N) is 3. The fraction of sp³-hybridized carbons (Fsp3) is 0.0714. The summed E-state index contributed by atoms with van der Waals surface area (Å²) in [6.07, 6.45) is 1.57. The van der Waals surface area contributed by atoms with E-state index in [0.29, 0.717) is 11.4 Å². The molecule has 3 aromatic rings. The molecule has 0 radical (unpaired) electrons. The summed E-state index contributed by atoms with van der Waals surface area (Å²) < 4.78 is 0. The zero-order chi connectivity index (χ0) is 17.1. The van der Waals surface area contributed by atoms with Crippen molar-refractivity contribution in [3.05, 3.63) is 52.2 Å². The summed E-state index contributed by atoms with van der Waals surface area (Å²) >= 11 is 3.95. The van der Waals surface area contributed by atoms with Crippen molar-refractivity contribution in [3.8, 4) is 17.1 Å². The maximum atomic E-state index is 12.2. The number of benzene rings is 1. The number of aromatic nitrogens is 5. The van der Waals surface area contributed by atoms with E-state index in [4.69, 9.17) is 0 Å². The minimum atomic E-state index is -0.763. The normalized spacial score (nSPS) is 10.5. The smallest absolute Gasteiger partial charge is 0.267 e. The Hall–Kier alpha value is -3.14. The molecule has 1 aromatic carbocycles. The molecule has 0 saturated heterocycles. The quantitative estimate of drug-likeness (QED) is 0.447. The largest absolute Gasteiger partial charge is 0.493 e. The molecule has 24 heavy (non-hydrogen) atoms. The lowest BCUT2D eigenvalue weighted by Crippen LogP contribution is -2.25. The molecule has 0 unspecified atom stereocenters. The van der Waals surface area contributed by atoms with E-state index in [-0.39, 0.29) is 11.6 Å². The molecule has 0 spiro atoms. The van der Waals surface area contributed by atoms with E-state index < -0.39 is 22.9 Å². The van der Waals surface area contributed by atoms with Crippen molar-refractivity contribution in [1.29, 1.82) is 0 Å². The van der Waals surface area contributed by atoms with Gasteiger partial charge in [-0.3, -0.25) is 9.59 Å². The van der Waals surface area contributed by atoms with Crippen molar-refractivity contribution in [3.63, 3.8) is 0 Å². The highest BCUT2D eigenvalue weighted by atomic mass is 32.1. The van der Waals surface area contributed by atoms with Gasteiger partial charge in [0, 0.05) is 17.0 Å². The Morgan fingerprint density at radius 1 is 1.29 bits per heavy atom. The topological polar surface area (TPSA) is 137 Å². The minimum Gasteiger partial charge on any atom is -0.493 e. The number of aromatic hydroxyl groups is 1. The van der Waals surface area contributed by atoms with E-state index in [9.17, 15) is 14.7 Å². The average molecular weight is 344 g/mol. The molecular formula is C14H12N6O3S. The predicted molar refractivity (Wildman–Crippen MR) is 89.0 cm³/mol. The van der Waals surface area contributed by atoms with Crippen LogP contribution in [0, 0.1) is 0 Å². The van der Waals surface area contributed by atoms with Gasteiger partial charge in [0.1, 0.15) is 11.5 Å². The summed E-state index contributed by atoms with van der Waals surface area (Å²) in [5, 5.41) is 22.5. The van der Waals surface area contributed by atoms with Crippen molar-refractivity contribution in [2.24, 2.45) is 0 Å². The lowest BCUT2D eigenvalue weighted by Gasteiger charge is -2.07. The molecule has 0 bridgehead atoms. The number of hydrogen-bond acceptors (Lipinski definition) is 7. The highest BCUT2D eigenvalue weighted by Crippen LogP contribution is 2.19. The number of aromatic amines is 2. The third-order valence-corrected chi connectivity index (χ3v) is 3.48. The van der Waals surface area contributed by atoms with E-state index in [1.807, 2.05) is 0 Å². The molecule has 0 fully saturated rings. The molecule has 1 amide bonds. The summed E-state index contributed by atoms with van der Waals surface area (Å²) in [4.78, 5) is 30.2. The highest BCUT2D eigenvalue weighted by molar-refractivity contribution is 7.79. The van der Waals surface area contributed by atoms with Gasteiger partial charge in [-0.1, -0.05) is 12.1 Å². The number of H-pyrrole nitrogens is 2. The monoisotopic (exact) mass is 344 g/mol. The van der Waals surface area contributed by atoms with E-state index in [0.717, 1.165) is 5.56 Å². The number of anilines is 1. The first-order valence-corrected chi connectivity index (χ1v) is 7.42. The van der Waals surface area contributed by atoms with Crippen LogP contribution in [-0.4, -0.2) is 36.4 Å². The van der Waals surface area contributed by atoms with Crippen molar-refractivity contribution in [2.75, 3.05) is 5.32 Å². The average Bonchev–Trinajstić information content (AvgIpc) is 3.09. The molecule has 0 saturated carbocycles. The maximum absolute atomic E-state index is 12.2. The zero-order valence-electron chi connectivity index (χ0n) is 12.1. The standard InChI is InChI=1S/C14H12N6O3S/c21-12(11-13(22)17-10(6-24)18-14(11)23)16-8-3-1-7(2-4-8)9-5-15-20-19-9/h1-5,24H,6H2,(H,16,21)(H,15,19,20)(H2,17,18,22,23). The minimum absolute atomic E-state index is 0.133. The fourth-order valence-electron chi connectivity index (χ4n) is 2.04. The van der Waals surface area contributed by atoms with Crippen LogP contribution in [0.15, 0.2) is 35.3 Å². The molecular weight excluding hydrogens is 332 g/mol. The Balaban J connectivity index is 1.81. The number of carbonyl (C=O) groups excluding carboxylic acids is 1. The van der Waals surface area contributed by atoms with Crippen molar-refractivity contribution in [1.82, 2.24) is 25.4 Å². The summed E-state index contributed by atoms with van der Waals surface area (Å²) in [7, 11) is 0. The van der Waals surface area contributed by atoms with Gasteiger partial charge in [-0.05, 0) is 12.1 Å². The van der Waals surface area contributed by atoms with Gasteiger partial charge in [-0.2, -0.15) is 33.0 Å². The third kappa shape index (κ3) is 3.13. The number of amides is 1. The summed E-state index contributed by atoms with van der Waals surface area (Å²) in [6, 6.07) is 6.75. The molecule has 9 nitrogen and oxygen atoms in total. The van der Waals surface area contributed by atoms with Crippen LogP contribution in [0.25, 0.3) is 11.3 Å². The summed E-state index contributed by atoms with van der Waals surface area (Å²) in [5.74, 6) is -1.09. The summed E-state index contributed by atoms with van der Waals surface area (Å²) in [5.41, 5.74) is 0.726. The van der Waals surface area contributed by atoms with Gasteiger partial charge in [0.2, 0.25) is 5.88 Å². The molecule has 0 atom stereocenters. The lowest BCUT2D eigenvalue weighted by molar-refractivity contribution is 0.102. The predicted octanol–water partition coefficient (Wildman–Crippen LogP) is 0.943. The second kappa shape index (κ2) is 6.54. The molecule has 2 aromatic heterocycles. The van der Waals surface area contributed by atoms with Gasteiger partial charge >= 0.3 is 0 Å². The van der Waals surface area contributed by atoms with Crippen LogP contribution in [0.4, 0.5) is 5.69 Å². The number of carbonyl (C=O) groups is 1. The van der Waals surface area contributed by atoms with Gasteiger partial charge in [0.05, 0.1) is 6.20 Å². The number of rotatable bonds is 4. The molecule has 0 aliphatic carbocycles. The Morgan fingerprint density at radius 2 is 2.04 bits per heavy atom. The van der Waals surface area contributed by atoms with Gasteiger partial charge in [0.25, 0.3) is 11.5 Å². The molecule has 122 valence electrons. The van der Waals surface area contributed by atoms with Gasteiger partial charge in [-0.25, -0.2) is 0 Å². The molecule has 4 N–H and O–H groups in total.